The molecule has 13 heavy (non-hydrogen) atoms. The number of allylic oxidation sites excluding steroid dienone is 1. The van der Waals surface area contributed by atoms with Crippen LogP contribution >= 0.6 is 0 Å². The Kier molecular flexibility index (Phi) is 1.89. The van der Waals surface area contributed by atoms with Crippen LogP contribution in [0, 0.1) is 6.92 Å². The van der Waals surface area contributed by atoms with Crippen molar-refractivity contribution in [2.75, 3.05) is 0 Å². The van der Waals surface area contributed by atoms with E-state index in [-0.39, 0.29) is 0 Å². The molecule has 2 aromatic rings. The highest BCUT2D eigenvalue weighted by molar-refractivity contribution is 5.87. The highest BCUT2D eigenvalue weighted by atomic mass is 15.1. The molecule has 2 nitrogen and oxygen atoms in total. The molecule has 0 saturated carbocycles. The number of aromatic amines is 1. The van der Waals surface area contributed by atoms with Gasteiger partial charge in [0.05, 0.1) is 11.2 Å². The van der Waals surface area contributed by atoms with E-state index in [9.17, 15) is 0 Å². The van der Waals surface area contributed by atoms with Crippen LogP contribution in [-0.2, 0) is 0 Å². The minimum atomic E-state index is 1.03. The second-order valence-corrected chi connectivity index (χ2v) is 3.16. The van der Waals surface area contributed by atoms with Gasteiger partial charge in [-0.25, -0.2) is 0 Å². The molecule has 0 bridgehead atoms. The lowest BCUT2D eigenvalue weighted by Gasteiger charge is -1.92. The van der Waals surface area contributed by atoms with Gasteiger partial charge >= 0.3 is 0 Å². The number of nitrogens with one attached hydrogen (secondary N) is 1. The first-order valence-corrected chi connectivity index (χ1v) is 4.38. The molecular weight excluding hydrogens is 160 g/mol. The van der Waals surface area contributed by atoms with Gasteiger partial charge in [0.2, 0.25) is 0 Å². The maximum Gasteiger partial charge on any atom is 0.0927 e. The highest BCUT2D eigenvalue weighted by Crippen LogP contribution is 2.18. The number of rotatable bonds is 1. The molecule has 0 spiro atoms. The van der Waals surface area contributed by atoms with E-state index in [0.717, 1.165) is 11.2 Å². The van der Waals surface area contributed by atoms with E-state index in [0.29, 0.717) is 0 Å². The Balaban J connectivity index is 2.71. The molecule has 0 amide bonds. The number of nitrogens with zero attached hydrogens (tertiary/aromatic N) is 1. The van der Waals surface area contributed by atoms with E-state index in [1.807, 2.05) is 25.1 Å². The molecule has 0 atom stereocenters. The molecule has 1 heterocycles. The van der Waals surface area contributed by atoms with E-state index in [4.69, 9.17) is 0 Å². The average molecular weight is 172 g/mol. The third-order valence-corrected chi connectivity index (χ3v) is 2.07. The summed E-state index contributed by atoms with van der Waals surface area (Å²) in [7, 11) is 0. The fourth-order valence-corrected chi connectivity index (χ4v) is 1.44. The zero-order valence-corrected chi connectivity index (χ0v) is 7.83. The van der Waals surface area contributed by atoms with Crippen molar-refractivity contribution in [2.24, 2.45) is 0 Å². The van der Waals surface area contributed by atoms with Crippen LogP contribution in [-0.4, -0.2) is 10.2 Å². The van der Waals surface area contributed by atoms with Gasteiger partial charge in [0, 0.05) is 5.39 Å². The monoisotopic (exact) mass is 172 g/mol. The Morgan fingerprint density at radius 3 is 3.00 bits per heavy atom. The van der Waals surface area contributed by atoms with Crippen LogP contribution in [0.25, 0.3) is 17.0 Å². The van der Waals surface area contributed by atoms with Crippen molar-refractivity contribution in [3.63, 3.8) is 0 Å². The summed E-state index contributed by atoms with van der Waals surface area (Å²) in [5, 5.41) is 8.40. The molecule has 0 aliphatic heterocycles. The molecule has 1 N–H and O–H groups in total. The predicted octanol–water partition coefficient (Wildman–Crippen LogP) is 2.90. The molecule has 1 aromatic carbocycles. The molecule has 0 radical (unpaired) electrons. The number of H-pyrrole nitrogens is 1. The summed E-state index contributed by atoms with van der Waals surface area (Å²) in [5.41, 5.74) is 3.37. The Labute approximate surface area is 77.3 Å². The van der Waals surface area contributed by atoms with E-state index < -0.39 is 0 Å². The molecule has 0 unspecified atom stereocenters. The van der Waals surface area contributed by atoms with Gasteiger partial charge in [-0.05, 0) is 32.1 Å². The third kappa shape index (κ3) is 1.35. The van der Waals surface area contributed by atoms with Gasteiger partial charge in [-0.2, -0.15) is 5.10 Å². The molecule has 2 rings (SSSR count). The van der Waals surface area contributed by atoms with E-state index in [1.54, 1.807) is 0 Å². The van der Waals surface area contributed by atoms with Gasteiger partial charge in [-0.3, -0.25) is 5.10 Å². The Hall–Kier alpha value is -1.57. The molecular formula is C11H12N2. The van der Waals surface area contributed by atoms with Crippen molar-refractivity contribution in [1.82, 2.24) is 10.2 Å². The number of benzene rings is 1. The van der Waals surface area contributed by atoms with Crippen molar-refractivity contribution >= 4 is 17.0 Å². The number of aryl methyl sites for hydroxylation is 1. The average Bonchev–Trinajstić information content (AvgIpc) is 2.49. The molecule has 0 fully saturated rings. The van der Waals surface area contributed by atoms with Crippen LogP contribution in [0.1, 0.15) is 18.2 Å². The maximum atomic E-state index is 4.20. The maximum absolute atomic E-state index is 4.20. The van der Waals surface area contributed by atoms with Crippen molar-refractivity contribution in [2.45, 2.75) is 13.8 Å². The van der Waals surface area contributed by atoms with Crippen LogP contribution in [0.4, 0.5) is 0 Å². The normalized spacial score (nSPS) is 11.5. The summed E-state index contributed by atoms with van der Waals surface area (Å²) in [5.74, 6) is 0. The van der Waals surface area contributed by atoms with Crippen LogP contribution in [0.15, 0.2) is 24.3 Å². The molecule has 0 aliphatic rings. The van der Waals surface area contributed by atoms with E-state index >= 15 is 0 Å². The minimum Gasteiger partial charge on any atom is -0.277 e. The highest BCUT2D eigenvalue weighted by Gasteiger charge is 2.00. The lowest BCUT2D eigenvalue weighted by molar-refractivity contribution is 1.11. The second kappa shape index (κ2) is 3.05. The summed E-state index contributed by atoms with van der Waals surface area (Å²) in [4.78, 5) is 0. The molecule has 0 saturated heterocycles. The number of fused-ring (bicyclic) bond motifs is 1. The van der Waals surface area contributed by atoms with Gasteiger partial charge in [-0.1, -0.05) is 17.7 Å². The predicted molar refractivity (Wildman–Crippen MR) is 55.5 cm³/mol. The molecule has 2 heteroatoms. The summed E-state index contributed by atoms with van der Waals surface area (Å²) in [6.07, 6.45) is 4.05. The fraction of sp³-hybridized carbons (Fsp3) is 0.182. The van der Waals surface area contributed by atoms with Crippen LogP contribution in [0.3, 0.4) is 0 Å². The Bertz CT molecular complexity index is 452. The number of hydrogen-bond donors (Lipinski definition) is 1. The minimum absolute atomic E-state index is 1.03. The SMILES string of the molecule is C/C=C/c1[nH]nc2ccc(C)cc12. The van der Waals surface area contributed by atoms with Gasteiger partial charge in [-0.15, -0.1) is 0 Å². The van der Waals surface area contributed by atoms with Crippen LogP contribution in [0.2, 0.25) is 0 Å². The summed E-state index contributed by atoms with van der Waals surface area (Å²) < 4.78 is 0. The van der Waals surface area contributed by atoms with Crippen molar-refractivity contribution in [1.29, 1.82) is 0 Å². The number of aromatic nitrogens is 2. The second-order valence-electron chi connectivity index (χ2n) is 3.16. The standard InChI is InChI=1S/C11H12N2/c1-3-4-10-9-7-8(2)5-6-11(9)13-12-10/h3-7H,1-2H3,(H,12,13)/b4-3+. The zero-order chi connectivity index (χ0) is 9.26. The van der Waals surface area contributed by atoms with Gasteiger partial charge in [0.25, 0.3) is 0 Å². The summed E-state index contributed by atoms with van der Waals surface area (Å²) in [6, 6.07) is 6.25. The Morgan fingerprint density at radius 2 is 2.23 bits per heavy atom. The van der Waals surface area contributed by atoms with Gasteiger partial charge < -0.3 is 0 Å². The first-order chi connectivity index (χ1) is 6.31. The Morgan fingerprint density at radius 1 is 1.38 bits per heavy atom. The summed E-state index contributed by atoms with van der Waals surface area (Å²) >= 11 is 0. The largest absolute Gasteiger partial charge is 0.277 e. The van der Waals surface area contributed by atoms with E-state index in [1.165, 1.54) is 10.9 Å². The van der Waals surface area contributed by atoms with Crippen LogP contribution < -0.4 is 0 Å². The van der Waals surface area contributed by atoms with Crippen molar-refractivity contribution in [3.8, 4) is 0 Å². The fourth-order valence-electron chi connectivity index (χ4n) is 1.44. The van der Waals surface area contributed by atoms with Gasteiger partial charge in [0.15, 0.2) is 0 Å². The van der Waals surface area contributed by atoms with E-state index in [2.05, 4.69) is 29.3 Å². The molecule has 0 aliphatic carbocycles. The van der Waals surface area contributed by atoms with Crippen molar-refractivity contribution in [3.05, 3.63) is 35.5 Å². The smallest absolute Gasteiger partial charge is 0.0927 e. The first-order valence-electron chi connectivity index (χ1n) is 4.38. The summed E-state index contributed by atoms with van der Waals surface area (Å²) in [6.45, 7) is 4.09. The van der Waals surface area contributed by atoms with Gasteiger partial charge in [0.1, 0.15) is 0 Å². The third-order valence-electron chi connectivity index (χ3n) is 2.07. The molecule has 66 valence electrons. The van der Waals surface area contributed by atoms with Crippen LogP contribution in [0.5, 0.6) is 0 Å². The topological polar surface area (TPSA) is 28.7 Å². The molecule has 1 aromatic heterocycles. The quantitative estimate of drug-likeness (QED) is 0.704. The lowest BCUT2D eigenvalue weighted by Crippen LogP contribution is -1.73. The number of hydrogen-bond acceptors (Lipinski definition) is 1. The lowest BCUT2D eigenvalue weighted by atomic mass is 10.1. The first kappa shape index (κ1) is 8.05. The van der Waals surface area contributed by atoms with Crippen molar-refractivity contribution < 1.29 is 0 Å². The zero-order valence-electron chi connectivity index (χ0n) is 7.83.